The number of carbonyl (C=O) groups excluding carboxylic acids is 2. The van der Waals surface area contributed by atoms with Crippen molar-refractivity contribution in [1.29, 1.82) is 0 Å². The third kappa shape index (κ3) is 4.24. The first-order valence-corrected chi connectivity index (χ1v) is 8.55. The number of nitrogens with zero attached hydrogens (tertiary/aromatic N) is 2. The van der Waals surface area contributed by atoms with Gasteiger partial charge in [0, 0.05) is 50.4 Å². The minimum atomic E-state index is -0.0363. The summed E-state index contributed by atoms with van der Waals surface area (Å²) in [4.78, 5) is 27.8. The molecule has 2 fully saturated rings. The van der Waals surface area contributed by atoms with Crippen LogP contribution in [0.4, 0.5) is 11.4 Å². The van der Waals surface area contributed by atoms with Gasteiger partial charge in [0.2, 0.25) is 11.8 Å². The minimum Gasteiger partial charge on any atom is -0.372 e. The van der Waals surface area contributed by atoms with Gasteiger partial charge in [-0.25, -0.2) is 0 Å². The molecule has 0 bridgehead atoms. The van der Waals surface area contributed by atoms with Crippen LogP contribution in [0.25, 0.3) is 0 Å². The van der Waals surface area contributed by atoms with E-state index in [0.717, 1.165) is 31.6 Å². The Balaban J connectivity index is 1.48. The van der Waals surface area contributed by atoms with Crippen LogP contribution in [0.2, 0.25) is 0 Å². The first-order chi connectivity index (χ1) is 11.1. The third-order valence-corrected chi connectivity index (χ3v) is 4.59. The Morgan fingerprint density at radius 2 is 1.83 bits per heavy atom. The fraction of sp³-hybridized carbons (Fsp3) is 0.556. The largest absolute Gasteiger partial charge is 0.372 e. The summed E-state index contributed by atoms with van der Waals surface area (Å²) >= 11 is 0. The Kier molecular flexibility index (Phi) is 4.84. The van der Waals surface area contributed by atoms with Crippen LogP contribution in [0.5, 0.6) is 0 Å². The summed E-state index contributed by atoms with van der Waals surface area (Å²) in [6, 6.07) is 8.39. The molecule has 1 heterocycles. The van der Waals surface area contributed by atoms with Gasteiger partial charge in [-0.2, -0.15) is 0 Å². The molecule has 3 rings (SSSR count). The maximum atomic E-state index is 12.1. The smallest absolute Gasteiger partial charge is 0.226 e. The Morgan fingerprint density at radius 1 is 1.17 bits per heavy atom. The maximum absolute atomic E-state index is 12.1. The quantitative estimate of drug-likeness (QED) is 0.878. The third-order valence-electron chi connectivity index (χ3n) is 4.59. The molecule has 5 nitrogen and oxygen atoms in total. The zero-order chi connectivity index (χ0) is 16.2. The SMILES string of the molecule is CC(=O)N(CCC(=O)Nc1ccc(N2CCCC2)cc1)C1CC1. The number of rotatable bonds is 6. The molecule has 0 unspecified atom stereocenters. The van der Waals surface area contributed by atoms with E-state index in [1.165, 1.54) is 18.5 Å². The average molecular weight is 315 g/mol. The highest BCUT2D eigenvalue weighted by atomic mass is 16.2. The molecule has 1 aromatic rings. The molecule has 5 heteroatoms. The minimum absolute atomic E-state index is 0.0363. The lowest BCUT2D eigenvalue weighted by Crippen LogP contribution is -2.33. The van der Waals surface area contributed by atoms with Crippen LogP contribution in [-0.2, 0) is 9.59 Å². The highest BCUT2D eigenvalue weighted by Gasteiger charge is 2.30. The van der Waals surface area contributed by atoms with Crippen LogP contribution in [-0.4, -0.2) is 42.4 Å². The summed E-state index contributed by atoms with van der Waals surface area (Å²) in [5.74, 6) is 0.0288. The zero-order valence-electron chi connectivity index (χ0n) is 13.8. The average Bonchev–Trinajstić information content (AvgIpc) is 3.21. The van der Waals surface area contributed by atoms with Crippen molar-refractivity contribution in [3.63, 3.8) is 0 Å². The fourth-order valence-corrected chi connectivity index (χ4v) is 3.16. The van der Waals surface area contributed by atoms with Gasteiger partial charge in [-0.1, -0.05) is 0 Å². The van der Waals surface area contributed by atoms with Crippen molar-refractivity contribution in [3.05, 3.63) is 24.3 Å². The van der Waals surface area contributed by atoms with Crippen LogP contribution in [0.15, 0.2) is 24.3 Å². The highest BCUT2D eigenvalue weighted by Crippen LogP contribution is 2.27. The summed E-state index contributed by atoms with van der Waals surface area (Å²) in [5, 5.41) is 2.92. The van der Waals surface area contributed by atoms with E-state index in [1.54, 1.807) is 6.92 Å². The van der Waals surface area contributed by atoms with E-state index < -0.39 is 0 Å². The van der Waals surface area contributed by atoms with E-state index in [-0.39, 0.29) is 11.8 Å². The maximum Gasteiger partial charge on any atom is 0.226 e. The predicted molar refractivity (Wildman–Crippen MR) is 91.5 cm³/mol. The van der Waals surface area contributed by atoms with Gasteiger partial charge in [0.05, 0.1) is 0 Å². The molecule has 1 aromatic carbocycles. The number of anilines is 2. The van der Waals surface area contributed by atoms with Gasteiger partial charge in [-0.15, -0.1) is 0 Å². The van der Waals surface area contributed by atoms with Crippen molar-refractivity contribution in [1.82, 2.24) is 4.90 Å². The van der Waals surface area contributed by atoms with E-state index in [4.69, 9.17) is 0 Å². The zero-order valence-corrected chi connectivity index (χ0v) is 13.8. The van der Waals surface area contributed by atoms with E-state index in [0.29, 0.717) is 19.0 Å². The number of hydrogen-bond donors (Lipinski definition) is 1. The van der Waals surface area contributed by atoms with Crippen LogP contribution >= 0.6 is 0 Å². The molecule has 2 amide bonds. The monoisotopic (exact) mass is 315 g/mol. The summed E-state index contributed by atoms with van der Waals surface area (Å²) in [7, 11) is 0. The summed E-state index contributed by atoms with van der Waals surface area (Å²) < 4.78 is 0. The van der Waals surface area contributed by atoms with Crippen molar-refractivity contribution in [3.8, 4) is 0 Å². The first-order valence-electron chi connectivity index (χ1n) is 8.55. The number of nitrogens with one attached hydrogen (secondary N) is 1. The molecule has 1 N–H and O–H groups in total. The Hall–Kier alpha value is -2.04. The van der Waals surface area contributed by atoms with Crippen LogP contribution in [0, 0.1) is 0 Å². The Labute approximate surface area is 137 Å². The number of hydrogen-bond acceptors (Lipinski definition) is 3. The van der Waals surface area contributed by atoms with Crippen molar-refractivity contribution in [2.75, 3.05) is 29.9 Å². The summed E-state index contributed by atoms with van der Waals surface area (Å²) in [5.41, 5.74) is 2.04. The highest BCUT2D eigenvalue weighted by molar-refractivity contribution is 5.91. The van der Waals surface area contributed by atoms with Gasteiger partial charge in [0.25, 0.3) is 0 Å². The van der Waals surface area contributed by atoms with Crippen molar-refractivity contribution in [2.45, 2.75) is 45.1 Å². The molecule has 23 heavy (non-hydrogen) atoms. The molecule has 0 aromatic heterocycles. The van der Waals surface area contributed by atoms with Crippen LogP contribution < -0.4 is 10.2 Å². The number of amides is 2. The van der Waals surface area contributed by atoms with Gasteiger partial charge in [0.1, 0.15) is 0 Å². The lowest BCUT2D eigenvalue weighted by atomic mass is 10.2. The van der Waals surface area contributed by atoms with Gasteiger partial charge in [-0.05, 0) is 49.9 Å². The number of carbonyl (C=O) groups is 2. The number of benzene rings is 1. The van der Waals surface area contributed by atoms with E-state index in [9.17, 15) is 9.59 Å². The fourth-order valence-electron chi connectivity index (χ4n) is 3.16. The van der Waals surface area contributed by atoms with Crippen LogP contribution in [0.1, 0.15) is 39.0 Å². The first kappa shape index (κ1) is 15.8. The molecule has 1 aliphatic heterocycles. The van der Waals surface area contributed by atoms with Crippen molar-refractivity contribution < 1.29 is 9.59 Å². The van der Waals surface area contributed by atoms with E-state index in [2.05, 4.69) is 22.3 Å². The summed E-state index contributed by atoms with van der Waals surface area (Å²) in [6.07, 6.45) is 5.00. The van der Waals surface area contributed by atoms with E-state index >= 15 is 0 Å². The normalized spacial score (nSPS) is 17.2. The summed E-state index contributed by atoms with van der Waals surface area (Å²) in [6.45, 7) is 4.33. The molecule has 124 valence electrons. The second kappa shape index (κ2) is 7.02. The topological polar surface area (TPSA) is 52.7 Å². The van der Waals surface area contributed by atoms with Gasteiger partial charge in [-0.3, -0.25) is 9.59 Å². The molecule has 1 aliphatic carbocycles. The molecule has 1 saturated carbocycles. The molecular formula is C18H25N3O2. The van der Waals surface area contributed by atoms with Crippen molar-refractivity contribution >= 4 is 23.2 Å². The molecule has 0 radical (unpaired) electrons. The van der Waals surface area contributed by atoms with Crippen molar-refractivity contribution in [2.24, 2.45) is 0 Å². The second-order valence-corrected chi connectivity index (χ2v) is 6.48. The predicted octanol–water partition coefficient (Wildman–Crippen LogP) is 2.63. The van der Waals surface area contributed by atoms with E-state index in [1.807, 2.05) is 17.0 Å². The lowest BCUT2D eigenvalue weighted by Gasteiger charge is -2.20. The molecule has 2 aliphatic rings. The van der Waals surface area contributed by atoms with Crippen LogP contribution in [0.3, 0.4) is 0 Å². The Bertz CT molecular complexity index is 560. The van der Waals surface area contributed by atoms with Gasteiger partial charge in [0.15, 0.2) is 0 Å². The lowest BCUT2D eigenvalue weighted by molar-refractivity contribution is -0.129. The van der Waals surface area contributed by atoms with Gasteiger partial charge < -0.3 is 15.1 Å². The molecule has 0 atom stereocenters. The molecular weight excluding hydrogens is 290 g/mol. The molecule has 0 spiro atoms. The molecule has 1 saturated heterocycles. The van der Waals surface area contributed by atoms with Gasteiger partial charge >= 0.3 is 0 Å². The standard InChI is InChI=1S/C18H25N3O2/c1-14(22)21(17-8-9-17)13-10-18(23)19-15-4-6-16(7-5-15)20-11-2-3-12-20/h4-7,17H,2-3,8-13H2,1H3,(H,19,23). The Morgan fingerprint density at radius 3 is 2.39 bits per heavy atom. The second-order valence-electron chi connectivity index (χ2n) is 6.48.